The van der Waals surface area contributed by atoms with Crippen molar-refractivity contribution in [2.75, 3.05) is 19.6 Å². The molecule has 2 aromatic carbocycles. The van der Waals surface area contributed by atoms with Crippen molar-refractivity contribution in [3.63, 3.8) is 0 Å². The van der Waals surface area contributed by atoms with E-state index in [4.69, 9.17) is 0 Å². The third-order valence-corrected chi connectivity index (χ3v) is 5.09. The molecule has 0 radical (unpaired) electrons. The highest BCUT2D eigenvalue weighted by Gasteiger charge is 2.12. The highest BCUT2D eigenvalue weighted by Crippen LogP contribution is 2.30. The van der Waals surface area contributed by atoms with Gasteiger partial charge in [0, 0.05) is 30.2 Å². The number of aliphatic hydroxyl groups excluding tert-OH is 1. The summed E-state index contributed by atoms with van der Waals surface area (Å²) in [6.45, 7) is 4.76. The molecule has 24 heavy (non-hydrogen) atoms. The molecule has 0 amide bonds. The van der Waals surface area contributed by atoms with Gasteiger partial charge >= 0.3 is 0 Å². The number of aromatic nitrogens is 1. The zero-order valence-electron chi connectivity index (χ0n) is 14.0. The molecule has 1 aliphatic rings. The second kappa shape index (κ2) is 6.80. The van der Waals surface area contributed by atoms with E-state index in [1.807, 2.05) is 12.1 Å². The highest BCUT2D eigenvalue weighted by molar-refractivity contribution is 5.95. The van der Waals surface area contributed by atoms with Gasteiger partial charge in [-0.25, -0.2) is 0 Å². The zero-order chi connectivity index (χ0) is 16.4. The number of hydrogen-bond acceptors (Lipinski definition) is 2. The Morgan fingerprint density at radius 2 is 1.75 bits per heavy atom. The lowest BCUT2D eigenvalue weighted by molar-refractivity contribution is 0.282. The molecule has 3 aromatic rings. The fraction of sp³-hybridized carbons (Fsp3) is 0.333. The van der Waals surface area contributed by atoms with Gasteiger partial charge in [0.15, 0.2) is 0 Å². The summed E-state index contributed by atoms with van der Waals surface area (Å²) in [5.41, 5.74) is 4.66. The first kappa shape index (κ1) is 15.4. The van der Waals surface area contributed by atoms with Crippen molar-refractivity contribution in [2.45, 2.75) is 26.0 Å². The Hall–Kier alpha value is -2.10. The summed E-state index contributed by atoms with van der Waals surface area (Å²) in [7, 11) is 0. The van der Waals surface area contributed by atoms with E-state index in [9.17, 15) is 5.11 Å². The van der Waals surface area contributed by atoms with E-state index in [0.29, 0.717) is 0 Å². The normalized spacial score (nSPS) is 15.4. The van der Waals surface area contributed by atoms with Crippen LogP contribution in [0.3, 0.4) is 0 Å². The molecule has 124 valence electrons. The number of aliphatic hydroxyl groups is 1. The predicted octanol–water partition coefficient (Wildman–Crippen LogP) is 3.90. The van der Waals surface area contributed by atoms with Crippen LogP contribution >= 0.6 is 0 Å². The highest BCUT2D eigenvalue weighted by atomic mass is 16.3. The van der Waals surface area contributed by atoms with E-state index >= 15 is 0 Å². The van der Waals surface area contributed by atoms with Crippen LogP contribution in [0.15, 0.2) is 54.7 Å². The van der Waals surface area contributed by atoms with Gasteiger partial charge in [0.25, 0.3) is 0 Å². The van der Waals surface area contributed by atoms with Gasteiger partial charge in [-0.05, 0) is 60.8 Å². The molecule has 1 N–H and O–H groups in total. The minimum atomic E-state index is 0.0840. The van der Waals surface area contributed by atoms with E-state index in [-0.39, 0.29) is 6.61 Å². The molecular formula is C21H24N2O. The lowest BCUT2D eigenvalue weighted by Crippen LogP contribution is -2.23. The Kier molecular flexibility index (Phi) is 4.37. The molecule has 1 aromatic heterocycles. The molecule has 4 rings (SSSR count). The minimum Gasteiger partial charge on any atom is -0.392 e. The number of fused-ring (bicyclic) bond motifs is 1. The van der Waals surface area contributed by atoms with Crippen LogP contribution in [0.4, 0.5) is 0 Å². The Morgan fingerprint density at radius 1 is 0.917 bits per heavy atom. The van der Waals surface area contributed by atoms with Crippen LogP contribution in [0.5, 0.6) is 0 Å². The number of rotatable bonds is 5. The van der Waals surface area contributed by atoms with E-state index in [1.54, 1.807) is 0 Å². The summed E-state index contributed by atoms with van der Waals surface area (Å²) >= 11 is 0. The predicted molar refractivity (Wildman–Crippen MR) is 99.0 cm³/mol. The SMILES string of the molecule is OCc1cccc(-c2cccc3c2ccn3CCN2CCCC2)c1. The van der Waals surface area contributed by atoms with Gasteiger partial charge in [0.05, 0.1) is 6.61 Å². The summed E-state index contributed by atoms with van der Waals surface area (Å²) in [4.78, 5) is 2.56. The lowest BCUT2D eigenvalue weighted by atomic mass is 10.00. The molecular weight excluding hydrogens is 296 g/mol. The molecule has 1 aliphatic heterocycles. The van der Waals surface area contributed by atoms with E-state index in [0.717, 1.165) is 18.7 Å². The molecule has 0 unspecified atom stereocenters. The molecule has 0 atom stereocenters. The second-order valence-corrected chi connectivity index (χ2v) is 6.65. The number of hydrogen-bond donors (Lipinski definition) is 1. The fourth-order valence-corrected chi connectivity index (χ4v) is 3.76. The molecule has 3 heteroatoms. The van der Waals surface area contributed by atoms with Crippen LogP contribution < -0.4 is 0 Å². The van der Waals surface area contributed by atoms with Crippen molar-refractivity contribution in [2.24, 2.45) is 0 Å². The first-order chi connectivity index (χ1) is 11.8. The van der Waals surface area contributed by atoms with Crippen molar-refractivity contribution in [3.8, 4) is 11.1 Å². The van der Waals surface area contributed by atoms with Crippen LogP contribution in [0.25, 0.3) is 22.0 Å². The second-order valence-electron chi connectivity index (χ2n) is 6.65. The van der Waals surface area contributed by atoms with Crippen LogP contribution in [0, 0.1) is 0 Å². The van der Waals surface area contributed by atoms with E-state index in [1.165, 1.54) is 48.0 Å². The van der Waals surface area contributed by atoms with E-state index in [2.05, 4.69) is 52.1 Å². The third kappa shape index (κ3) is 2.97. The van der Waals surface area contributed by atoms with Crippen molar-refractivity contribution in [1.29, 1.82) is 0 Å². The maximum Gasteiger partial charge on any atom is 0.0682 e. The molecule has 0 bridgehead atoms. The molecule has 0 aliphatic carbocycles. The zero-order valence-corrected chi connectivity index (χ0v) is 14.0. The molecule has 2 heterocycles. The Bertz CT molecular complexity index is 831. The maximum absolute atomic E-state index is 9.39. The lowest BCUT2D eigenvalue weighted by Gasteiger charge is -2.15. The Morgan fingerprint density at radius 3 is 2.58 bits per heavy atom. The van der Waals surface area contributed by atoms with Crippen LogP contribution in [-0.4, -0.2) is 34.2 Å². The van der Waals surface area contributed by atoms with Crippen molar-refractivity contribution in [3.05, 3.63) is 60.3 Å². The summed E-state index contributed by atoms with van der Waals surface area (Å²) in [5.74, 6) is 0. The van der Waals surface area contributed by atoms with Crippen LogP contribution in [0.1, 0.15) is 18.4 Å². The average molecular weight is 320 g/mol. The van der Waals surface area contributed by atoms with Crippen LogP contribution in [-0.2, 0) is 13.2 Å². The maximum atomic E-state index is 9.39. The third-order valence-electron chi connectivity index (χ3n) is 5.09. The first-order valence-corrected chi connectivity index (χ1v) is 8.85. The summed E-state index contributed by atoms with van der Waals surface area (Å²) in [5, 5.41) is 10.7. The van der Waals surface area contributed by atoms with Gasteiger partial charge in [-0.2, -0.15) is 0 Å². The molecule has 1 fully saturated rings. The van der Waals surface area contributed by atoms with Gasteiger partial charge < -0.3 is 14.6 Å². The molecule has 3 nitrogen and oxygen atoms in total. The quantitative estimate of drug-likeness (QED) is 0.772. The molecule has 0 saturated carbocycles. The number of benzene rings is 2. The largest absolute Gasteiger partial charge is 0.392 e. The monoisotopic (exact) mass is 320 g/mol. The summed E-state index contributed by atoms with van der Waals surface area (Å²) in [6, 6.07) is 16.9. The number of likely N-dealkylation sites (tertiary alicyclic amines) is 1. The van der Waals surface area contributed by atoms with Crippen molar-refractivity contribution < 1.29 is 5.11 Å². The summed E-state index contributed by atoms with van der Waals surface area (Å²) in [6.07, 6.45) is 4.90. The Balaban J connectivity index is 1.65. The number of nitrogens with zero attached hydrogens (tertiary/aromatic N) is 2. The van der Waals surface area contributed by atoms with E-state index < -0.39 is 0 Å². The topological polar surface area (TPSA) is 28.4 Å². The van der Waals surface area contributed by atoms with Gasteiger partial charge in [-0.1, -0.05) is 30.3 Å². The minimum absolute atomic E-state index is 0.0840. The molecule has 1 saturated heterocycles. The van der Waals surface area contributed by atoms with Gasteiger partial charge in [0.1, 0.15) is 0 Å². The summed E-state index contributed by atoms with van der Waals surface area (Å²) < 4.78 is 2.37. The van der Waals surface area contributed by atoms with Gasteiger partial charge in [-0.3, -0.25) is 0 Å². The fourth-order valence-electron chi connectivity index (χ4n) is 3.76. The van der Waals surface area contributed by atoms with Gasteiger partial charge in [0.2, 0.25) is 0 Å². The Labute approximate surface area is 143 Å². The first-order valence-electron chi connectivity index (χ1n) is 8.85. The molecule has 0 spiro atoms. The van der Waals surface area contributed by atoms with Gasteiger partial charge in [-0.15, -0.1) is 0 Å². The smallest absolute Gasteiger partial charge is 0.0682 e. The van der Waals surface area contributed by atoms with Crippen molar-refractivity contribution in [1.82, 2.24) is 9.47 Å². The van der Waals surface area contributed by atoms with Crippen molar-refractivity contribution >= 4 is 10.9 Å². The standard InChI is InChI=1S/C21H24N2O/c24-16-17-5-3-6-18(15-17)19-7-4-8-21-20(19)9-12-23(21)14-13-22-10-1-2-11-22/h3-9,12,15,24H,1-2,10-11,13-14,16H2. The van der Waals surface area contributed by atoms with Crippen LogP contribution in [0.2, 0.25) is 0 Å². The average Bonchev–Trinajstić information content (AvgIpc) is 3.29.